The van der Waals surface area contributed by atoms with E-state index in [1.807, 2.05) is 25.1 Å². The summed E-state index contributed by atoms with van der Waals surface area (Å²) in [6.07, 6.45) is 0.617. The molecule has 2 aromatic rings. The zero-order chi connectivity index (χ0) is 11.3. The Morgan fingerprint density at radius 3 is 2.94 bits per heavy atom. The van der Waals surface area contributed by atoms with Crippen molar-refractivity contribution in [2.75, 3.05) is 5.75 Å². The van der Waals surface area contributed by atoms with Crippen molar-refractivity contribution in [2.24, 2.45) is 0 Å². The first-order valence-electron chi connectivity index (χ1n) is 5.36. The van der Waals surface area contributed by atoms with Crippen LogP contribution in [0.1, 0.15) is 16.8 Å². The molecule has 4 heteroatoms. The Hall–Kier alpha value is -1.29. The fourth-order valence-electron chi connectivity index (χ4n) is 2.40. The number of fused-ring (bicyclic) bond motifs is 3. The highest BCUT2D eigenvalue weighted by Crippen LogP contribution is 2.30. The average Bonchev–Trinajstić information content (AvgIpc) is 2.57. The van der Waals surface area contributed by atoms with E-state index in [4.69, 9.17) is 0 Å². The Morgan fingerprint density at radius 2 is 2.12 bits per heavy atom. The molecular weight excluding hydrogens is 222 g/mol. The number of rotatable bonds is 0. The van der Waals surface area contributed by atoms with Gasteiger partial charge in [0.05, 0.1) is 11.5 Å². The van der Waals surface area contributed by atoms with Gasteiger partial charge in [0.1, 0.15) is 0 Å². The average molecular weight is 235 g/mol. The van der Waals surface area contributed by atoms with Crippen molar-refractivity contribution >= 4 is 20.7 Å². The van der Waals surface area contributed by atoms with Crippen LogP contribution in [0.3, 0.4) is 0 Å². The third kappa shape index (κ3) is 1.37. The third-order valence-electron chi connectivity index (χ3n) is 3.27. The lowest BCUT2D eigenvalue weighted by atomic mass is 10.1. The van der Waals surface area contributed by atoms with E-state index in [0.717, 1.165) is 22.2 Å². The van der Waals surface area contributed by atoms with Gasteiger partial charge in [0.15, 0.2) is 9.84 Å². The van der Waals surface area contributed by atoms with Crippen LogP contribution in [0.25, 0.3) is 10.9 Å². The van der Waals surface area contributed by atoms with Crippen LogP contribution in [0.15, 0.2) is 18.2 Å². The molecule has 0 aliphatic carbocycles. The molecule has 0 unspecified atom stereocenters. The molecule has 1 N–H and O–H groups in total. The number of benzene rings is 1. The van der Waals surface area contributed by atoms with Gasteiger partial charge in [-0.15, -0.1) is 0 Å². The molecular formula is C12H13NO2S. The van der Waals surface area contributed by atoms with Crippen LogP contribution in [0.2, 0.25) is 0 Å². The summed E-state index contributed by atoms with van der Waals surface area (Å²) < 4.78 is 23.3. The lowest BCUT2D eigenvalue weighted by Gasteiger charge is -2.11. The Labute approximate surface area is 94.4 Å². The maximum atomic E-state index is 11.6. The molecule has 1 aliphatic heterocycles. The Bertz CT molecular complexity index is 668. The van der Waals surface area contributed by atoms with E-state index < -0.39 is 9.84 Å². The molecule has 84 valence electrons. The predicted molar refractivity (Wildman–Crippen MR) is 64.2 cm³/mol. The minimum atomic E-state index is -2.89. The molecule has 0 amide bonds. The molecule has 1 aromatic heterocycles. The third-order valence-corrected chi connectivity index (χ3v) is 4.82. The number of aryl methyl sites for hydroxylation is 2. The highest BCUT2D eigenvalue weighted by atomic mass is 32.2. The highest BCUT2D eigenvalue weighted by molar-refractivity contribution is 7.90. The Balaban J connectivity index is 2.34. The van der Waals surface area contributed by atoms with Gasteiger partial charge in [-0.05, 0) is 18.1 Å². The lowest BCUT2D eigenvalue weighted by Crippen LogP contribution is -2.18. The fourth-order valence-corrected chi connectivity index (χ4v) is 3.83. The molecule has 1 aliphatic rings. The fraction of sp³-hybridized carbons (Fsp3) is 0.333. The van der Waals surface area contributed by atoms with Gasteiger partial charge >= 0.3 is 0 Å². The summed E-state index contributed by atoms with van der Waals surface area (Å²) in [4.78, 5) is 3.36. The minimum absolute atomic E-state index is 0.186. The summed E-state index contributed by atoms with van der Waals surface area (Å²) in [7, 11) is -2.89. The first kappa shape index (κ1) is 9.90. The van der Waals surface area contributed by atoms with Crippen LogP contribution in [0, 0.1) is 6.92 Å². The molecule has 0 bridgehead atoms. The number of hydrogen-bond donors (Lipinski definition) is 1. The van der Waals surface area contributed by atoms with Gasteiger partial charge in [-0.25, -0.2) is 8.42 Å². The summed E-state index contributed by atoms with van der Waals surface area (Å²) in [6, 6.07) is 6.02. The molecule has 0 atom stereocenters. The Morgan fingerprint density at radius 1 is 1.31 bits per heavy atom. The first-order chi connectivity index (χ1) is 7.57. The molecule has 0 radical (unpaired) electrons. The second-order valence-electron chi connectivity index (χ2n) is 4.42. The summed E-state index contributed by atoms with van der Waals surface area (Å²) in [5, 5.41) is 1.07. The summed E-state index contributed by atoms with van der Waals surface area (Å²) >= 11 is 0. The monoisotopic (exact) mass is 235 g/mol. The number of aromatic amines is 1. The summed E-state index contributed by atoms with van der Waals surface area (Å²) in [5.74, 6) is 0.456. The standard InChI is InChI=1S/C12H13NO2S/c1-8-3-2-4-9-10-7-16(14,15)6-5-11(10)13-12(8)9/h2-4,13H,5-7H2,1H3. The van der Waals surface area contributed by atoms with E-state index >= 15 is 0 Å². The maximum Gasteiger partial charge on any atom is 0.154 e. The molecule has 0 spiro atoms. The first-order valence-corrected chi connectivity index (χ1v) is 7.18. The van der Waals surface area contributed by atoms with Crippen LogP contribution in [0.4, 0.5) is 0 Å². The molecule has 1 aromatic carbocycles. The van der Waals surface area contributed by atoms with Gasteiger partial charge in [0, 0.05) is 23.0 Å². The van der Waals surface area contributed by atoms with Crippen LogP contribution in [-0.4, -0.2) is 19.2 Å². The molecule has 0 saturated heterocycles. The van der Waals surface area contributed by atoms with Gasteiger partial charge < -0.3 is 4.98 Å². The van der Waals surface area contributed by atoms with Crippen LogP contribution in [0.5, 0.6) is 0 Å². The number of nitrogens with one attached hydrogen (secondary N) is 1. The van der Waals surface area contributed by atoms with Crippen molar-refractivity contribution in [3.8, 4) is 0 Å². The minimum Gasteiger partial charge on any atom is -0.358 e. The molecule has 2 heterocycles. The quantitative estimate of drug-likeness (QED) is 0.758. The van der Waals surface area contributed by atoms with Gasteiger partial charge in [0.25, 0.3) is 0 Å². The van der Waals surface area contributed by atoms with Crippen molar-refractivity contribution in [1.82, 2.24) is 4.98 Å². The van der Waals surface area contributed by atoms with Gasteiger partial charge in [-0.1, -0.05) is 18.2 Å². The largest absolute Gasteiger partial charge is 0.358 e. The van der Waals surface area contributed by atoms with E-state index in [2.05, 4.69) is 4.98 Å². The molecule has 16 heavy (non-hydrogen) atoms. The van der Waals surface area contributed by atoms with Crippen molar-refractivity contribution in [2.45, 2.75) is 19.1 Å². The number of para-hydroxylation sites is 1. The van der Waals surface area contributed by atoms with E-state index in [0.29, 0.717) is 6.42 Å². The van der Waals surface area contributed by atoms with Crippen LogP contribution < -0.4 is 0 Å². The molecule has 0 saturated carbocycles. The lowest BCUT2D eigenvalue weighted by molar-refractivity contribution is 0.591. The number of H-pyrrole nitrogens is 1. The topological polar surface area (TPSA) is 49.9 Å². The summed E-state index contributed by atoms with van der Waals surface area (Å²) in [5.41, 5.74) is 4.33. The molecule has 3 nitrogen and oxygen atoms in total. The number of hydrogen-bond acceptors (Lipinski definition) is 2. The van der Waals surface area contributed by atoms with Crippen LogP contribution in [-0.2, 0) is 22.0 Å². The predicted octanol–water partition coefficient (Wildman–Crippen LogP) is 1.95. The van der Waals surface area contributed by atoms with Gasteiger partial charge in [-0.2, -0.15) is 0 Å². The SMILES string of the molecule is Cc1cccc2c3c([nH]c12)CCS(=O)(=O)C3. The van der Waals surface area contributed by atoms with Crippen molar-refractivity contribution in [3.63, 3.8) is 0 Å². The van der Waals surface area contributed by atoms with Crippen molar-refractivity contribution in [1.29, 1.82) is 0 Å². The van der Waals surface area contributed by atoms with E-state index in [9.17, 15) is 8.42 Å². The molecule has 0 fully saturated rings. The van der Waals surface area contributed by atoms with Gasteiger partial charge in [0.2, 0.25) is 0 Å². The second kappa shape index (κ2) is 3.10. The van der Waals surface area contributed by atoms with Crippen LogP contribution >= 0.6 is 0 Å². The maximum absolute atomic E-state index is 11.6. The van der Waals surface area contributed by atoms with Crippen molar-refractivity contribution < 1.29 is 8.42 Å². The van der Waals surface area contributed by atoms with E-state index in [1.165, 1.54) is 5.56 Å². The zero-order valence-electron chi connectivity index (χ0n) is 9.08. The second-order valence-corrected chi connectivity index (χ2v) is 6.61. The summed E-state index contributed by atoms with van der Waals surface area (Å²) in [6.45, 7) is 2.04. The Kier molecular flexibility index (Phi) is 1.92. The smallest absolute Gasteiger partial charge is 0.154 e. The van der Waals surface area contributed by atoms with Crippen molar-refractivity contribution in [3.05, 3.63) is 35.0 Å². The number of aromatic nitrogens is 1. The zero-order valence-corrected chi connectivity index (χ0v) is 9.89. The number of sulfone groups is 1. The normalized spacial score (nSPS) is 18.6. The van der Waals surface area contributed by atoms with E-state index in [-0.39, 0.29) is 11.5 Å². The molecule has 3 rings (SSSR count). The highest BCUT2D eigenvalue weighted by Gasteiger charge is 2.24. The van der Waals surface area contributed by atoms with E-state index in [1.54, 1.807) is 0 Å². The van der Waals surface area contributed by atoms with Gasteiger partial charge in [-0.3, -0.25) is 0 Å².